The quantitative estimate of drug-likeness (QED) is 0.864. The van der Waals surface area contributed by atoms with E-state index in [-0.39, 0.29) is 5.56 Å². The number of hydrogen-bond acceptors (Lipinski definition) is 4. The van der Waals surface area contributed by atoms with Crippen molar-refractivity contribution in [1.82, 2.24) is 10.2 Å². The van der Waals surface area contributed by atoms with E-state index in [2.05, 4.69) is 15.0 Å². The zero-order chi connectivity index (χ0) is 15.3. The third-order valence-electron chi connectivity index (χ3n) is 5.19. The van der Waals surface area contributed by atoms with Gasteiger partial charge in [-0.05, 0) is 48.4 Å². The molecule has 4 rings (SSSR count). The standard InChI is InChI=1S/C17H21FN2O2/c1-22-17(21)15-6-14(10-2-3-10)11(4-16(15)18)8-20-9-12-5-13(20)7-19-12/h4,6,10,12-13,19H,2-3,5,7-9H2,1H3/t12-,13-/m0/s1. The van der Waals surface area contributed by atoms with Crippen LogP contribution in [0.25, 0.3) is 0 Å². The van der Waals surface area contributed by atoms with Gasteiger partial charge in [0.1, 0.15) is 5.82 Å². The Morgan fingerprint density at radius 3 is 2.86 bits per heavy atom. The lowest BCUT2D eigenvalue weighted by Gasteiger charge is -2.28. The Balaban J connectivity index is 1.63. The molecule has 0 aromatic heterocycles. The van der Waals surface area contributed by atoms with Gasteiger partial charge in [0.15, 0.2) is 0 Å². The molecule has 22 heavy (non-hydrogen) atoms. The fourth-order valence-electron chi connectivity index (χ4n) is 3.87. The second-order valence-corrected chi connectivity index (χ2v) is 6.72. The van der Waals surface area contributed by atoms with Gasteiger partial charge in [0.05, 0.1) is 12.7 Å². The lowest BCUT2D eigenvalue weighted by atomic mass is 9.98. The number of piperazine rings is 1. The molecule has 0 spiro atoms. The Hall–Kier alpha value is -1.46. The summed E-state index contributed by atoms with van der Waals surface area (Å²) in [6.07, 6.45) is 3.46. The molecule has 0 radical (unpaired) electrons. The molecule has 3 aliphatic rings. The van der Waals surface area contributed by atoms with Crippen molar-refractivity contribution in [1.29, 1.82) is 0 Å². The predicted octanol–water partition coefficient (Wildman–Crippen LogP) is 2.04. The number of nitrogens with one attached hydrogen (secondary N) is 1. The van der Waals surface area contributed by atoms with E-state index in [1.807, 2.05) is 0 Å². The van der Waals surface area contributed by atoms with Crippen molar-refractivity contribution in [2.24, 2.45) is 0 Å². The number of hydrogen-bond donors (Lipinski definition) is 1. The van der Waals surface area contributed by atoms with Gasteiger partial charge in [0.2, 0.25) is 0 Å². The van der Waals surface area contributed by atoms with Crippen LogP contribution in [0.4, 0.5) is 4.39 Å². The molecule has 2 bridgehead atoms. The Kier molecular flexibility index (Phi) is 3.42. The van der Waals surface area contributed by atoms with E-state index >= 15 is 0 Å². The maximum absolute atomic E-state index is 14.3. The molecule has 1 aromatic rings. The highest BCUT2D eigenvalue weighted by molar-refractivity contribution is 5.90. The van der Waals surface area contributed by atoms with Crippen LogP contribution >= 0.6 is 0 Å². The third kappa shape index (κ3) is 2.42. The molecule has 2 atom stereocenters. The van der Waals surface area contributed by atoms with Gasteiger partial charge in [-0.1, -0.05) is 0 Å². The molecule has 2 saturated heterocycles. The van der Waals surface area contributed by atoms with Crippen LogP contribution in [0.3, 0.4) is 0 Å². The van der Waals surface area contributed by atoms with Crippen LogP contribution in [0.15, 0.2) is 12.1 Å². The van der Waals surface area contributed by atoms with Crippen molar-refractivity contribution < 1.29 is 13.9 Å². The largest absolute Gasteiger partial charge is 0.465 e. The summed E-state index contributed by atoms with van der Waals surface area (Å²) in [5.41, 5.74) is 2.25. The Labute approximate surface area is 129 Å². The van der Waals surface area contributed by atoms with E-state index in [9.17, 15) is 9.18 Å². The van der Waals surface area contributed by atoms with Crippen molar-refractivity contribution in [3.05, 3.63) is 34.6 Å². The Bertz CT molecular complexity index is 615. The molecule has 1 saturated carbocycles. The molecule has 4 nitrogen and oxygen atoms in total. The van der Waals surface area contributed by atoms with Gasteiger partial charge < -0.3 is 10.1 Å². The van der Waals surface area contributed by atoms with E-state index in [1.54, 1.807) is 12.1 Å². The van der Waals surface area contributed by atoms with Crippen LogP contribution < -0.4 is 5.32 Å². The second kappa shape index (κ2) is 5.32. The predicted molar refractivity (Wildman–Crippen MR) is 80.3 cm³/mol. The van der Waals surface area contributed by atoms with Gasteiger partial charge in [-0.2, -0.15) is 0 Å². The minimum absolute atomic E-state index is 0.0674. The number of nitrogens with zero attached hydrogens (tertiary/aromatic N) is 1. The maximum atomic E-state index is 14.3. The molecule has 0 amide bonds. The minimum Gasteiger partial charge on any atom is -0.465 e. The van der Waals surface area contributed by atoms with Crippen LogP contribution in [0.1, 0.15) is 46.7 Å². The van der Waals surface area contributed by atoms with Crippen LogP contribution in [0.2, 0.25) is 0 Å². The summed E-state index contributed by atoms with van der Waals surface area (Å²) in [6, 6.07) is 4.44. The summed E-state index contributed by atoms with van der Waals surface area (Å²) in [5.74, 6) is -0.568. The average molecular weight is 304 g/mol. The van der Waals surface area contributed by atoms with Crippen LogP contribution in [0.5, 0.6) is 0 Å². The lowest BCUT2D eigenvalue weighted by Crippen LogP contribution is -2.43. The van der Waals surface area contributed by atoms with Crippen molar-refractivity contribution >= 4 is 5.97 Å². The summed E-state index contributed by atoms with van der Waals surface area (Å²) >= 11 is 0. The van der Waals surface area contributed by atoms with E-state index in [0.29, 0.717) is 18.0 Å². The first-order valence-corrected chi connectivity index (χ1v) is 8.03. The number of esters is 1. The monoisotopic (exact) mass is 304 g/mol. The zero-order valence-electron chi connectivity index (χ0n) is 12.8. The van der Waals surface area contributed by atoms with E-state index in [0.717, 1.165) is 43.6 Å². The summed E-state index contributed by atoms with van der Waals surface area (Å²) in [6.45, 7) is 2.86. The molecule has 118 valence electrons. The highest BCUT2D eigenvalue weighted by Gasteiger charge is 2.38. The molecular formula is C17H21FN2O2. The van der Waals surface area contributed by atoms with Gasteiger partial charge >= 0.3 is 5.97 Å². The molecule has 1 N–H and O–H groups in total. The van der Waals surface area contributed by atoms with E-state index in [4.69, 9.17) is 0 Å². The van der Waals surface area contributed by atoms with Crippen LogP contribution in [-0.2, 0) is 11.3 Å². The highest BCUT2D eigenvalue weighted by Crippen LogP contribution is 2.43. The van der Waals surface area contributed by atoms with Crippen molar-refractivity contribution in [3.8, 4) is 0 Å². The number of fused-ring (bicyclic) bond motifs is 2. The molecule has 2 aliphatic heterocycles. The van der Waals surface area contributed by atoms with Crippen LogP contribution in [-0.4, -0.2) is 43.2 Å². The number of ether oxygens (including phenoxy) is 1. The molecular weight excluding hydrogens is 283 g/mol. The van der Waals surface area contributed by atoms with E-state index in [1.165, 1.54) is 13.5 Å². The van der Waals surface area contributed by atoms with Gasteiger partial charge in [-0.15, -0.1) is 0 Å². The lowest BCUT2D eigenvalue weighted by molar-refractivity contribution is 0.0595. The van der Waals surface area contributed by atoms with Crippen molar-refractivity contribution in [3.63, 3.8) is 0 Å². The maximum Gasteiger partial charge on any atom is 0.340 e. The van der Waals surface area contributed by atoms with Crippen molar-refractivity contribution in [2.75, 3.05) is 20.2 Å². The highest BCUT2D eigenvalue weighted by atomic mass is 19.1. The molecule has 1 aromatic carbocycles. The molecule has 3 fully saturated rings. The van der Waals surface area contributed by atoms with Gasteiger partial charge in [-0.3, -0.25) is 4.90 Å². The number of rotatable bonds is 4. The number of methoxy groups -OCH3 is 1. The first kappa shape index (κ1) is 14.2. The zero-order valence-corrected chi connectivity index (χ0v) is 12.8. The van der Waals surface area contributed by atoms with E-state index < -0.39 is 11.8 Å². The molecule has 2 heterocycles. The van der Waals surface area contributed by atoms with Crippen molar-refractivity contribution in [2.45, 2.75) is 43.8 Å². The molecule has 5 heteroatoms. The number of benzene rings is 1. The summed E-state index contributed by atoms with van der Waals surface area (Å²) < 4.78 is 19.0. The normalized spacial score (nSPS) is 27.4. The second-order valence-electron chi connectivity index (χ2n) is 6.72. The Morgan fingerprint density at radius 2 is 2.27 bits per heavy atom. The topological polar surface area (TPSA) is 41.6 Å². The SMILES string of the molecule is COC(=O)c1cc(C2CC2)c(CN2C[C@@H]3C[C@H]2CN3)cc1F. The first-order chi connectivity index (χ1) is 10.7. The number of likely N-dealkylation sites (tertiary alicyclic amines) is 1. The third-order valence-corrected chi connectivity index (χ3v) is 5.19. The number of carbonyl (C=O) groups is 1. The first-order valence-electron chi connectivity index (χ1n) is 8.03. The average Bonchev–Trinajstić information content (AvgIpc) is 3.15. The fraction of sp³-hybridized carbons (Fsp3) is 0.588. The summed E-state index contributed by atoms with van der Waals surface area (Å²) in [5, 5.41) is 3.49. The smallest absolute Gasteiger partial charge is 0.340 e. The number of halogens is 1. The fourth-order valence-corrected chi connectivity index (χ4v) is 3.87. The Morgan fingerprint density at radius 1 is 1.45 bits per heavy atom. The summed E-state index contributed by atoms with van der Waals surface area (Å²) in [4.78, 5) is 14.2. The molecule has 1 aliphatic carbocycles. The molecule has 0 unspecified atom stereocenters. The van der Waals surface area contributed by atoms with Gasteiger partial charge in [-0.25, -0.2) is 9.18 Å². The van der Waals surface area contributed by atoms with Gasteiger partial charge in [0, 0.05) is 31.7 Å². The van der Waals surface area contributed by atoms with Crippen LogP contribution in [0, 0.1) is 5.82 Å². The minimum atomic E-state index is -0.588. The summed E-state index contributed by atoms with van der Waals surface area (Å²) in [7, 11) is 1.29. The van der Waals surface area contributed by atoms with Gasteiger partial charge in [0.25, 0.3) is 0 Å². The number of carbonyl (C=O) groups excluding carboxylic acids is 1.